The maximum atomic E-state index is 12.9. The quantitative estimate of drug-likeness (QED) is 0.291. The molecule has 35 heavy (non-hydrogen) atoms. The number of carbonyl (C=O) groups excluding carboxylic acids is 1. The summed E-state index contributed by atoms with van der Waals surface area (Å²) in [6, 6.07) is 22.4. The molecule has 0 aliphatic carbocycles. The Bertz CT molecular complexity index is 1160. The van der Waals surface area contributed by atoms with E-state index in [-0.39, 0.29) is 11.3 Å². The molecule has 184 valence electrons. The van der Waals surface area contributed by atoms with Crippen molar-refractivity contribution in [2.24, 2.45) is 4.40 Å². The maximum Gasteiger partial charge on any atom is 0.271 e. The van der Waals surface area contributed by atoms with Crippen molar-refractivity contribution >= 4 is 23.6 Å². The highest BCUT2D eigenvalue weighted by atomic mass is 32.2. The Kier molecular flexibility index (Phi) is 8.99. The monoisotopic (exact) mass is 490 g/mol. The van der Waals surface area contributed by atoms with Crippen molar-refractivity contribution in [2.45, 2.75) is 32.6 Å². The van der Waals surface area contributed by atoms with E-state index in [1.54, 1.807) is 14.2 Å². The minimum Gasteiger partial charge on any atom is -0.493 e. The number of hydrogen-bond donors (Lipinski definition) is 1. The summed E-state index contributed by atoms with van der Waals surface area (Å²) in [4.78, 5) is 12.9. The molecule has 5 nitrogen and oxygen atoms in total. The highest BCUT2D eigenvalue weighted by Gasteiger charge is 2.16. The second kappa shape index (κ2) is 11.9. The Hall–Kier alpha value is -3.25. The Morgan fingerprint density at radius 2 is 1.49 bits per heavy atom. The molecule has 0 spiro atoms. The van der Waals surface area contributed by atoms with Gasteiger partial charge in [0.05, 0.1) is 14.2 Å². The first-order chi connectivity index (χ1) is 16.8. The molecule has 3 aromatic rings. The minimum atomic E-state index is -0.192. The standard InChI is InChI=1S/C29H34N2O3S/c1-29(2,3)24-14-12-22(13-15-24)21-8-10-23(11-9-21)27(31-35-6)28(32)30-18-17-20-7-16-25(33-4)26(19-20)34-5/h7-16,19H,17-18H2,1-6H3,(H,30,32)/b31-27-. The Balaban J connectivity index is 1.67. The van der Waals surface area contributed by atoms with E-state index < -0.39 is 0 Å². The molecule has 3 rings (SSSR count). The number of nitrogens with one attached hydrogen (secondary N) is 1. The Morgan fingerprint density at radius 1 is 0.886 bits per heavy atom. The van der Waals surface area contributed by atoms with Crippen molar-refractivity contribution in [3.63, 3.8) is 0 Å². The predicted molar refractivity (Wildman–Crippen MR) is 147 cm³/mol. The fourth-order valence-electron chi connectivity index (χ4n) is 3.74. The summed E-state index contributed by atoms with van der Waals surface area (Å²) in [6.07, 6.45) is 2.52. The highest BCUT2D eigenvalue weighted by molar-refractivity contribution is 7.97. The Labute approximate surface area is 213 Å². The average Bonchev–Trinajstić information content (AvgIpc) is 2.86. The van der Waals surface area contributed by atoms with Gasteiger partial charge in [0.1, 0.15) is 5.71 Å². The van der Waals surface area contributed by atoms with Gasteiger partial charge in [-0.25, -0.2) is 4.40 Å². The van der Waals surface area contributed by atoms with Crippen molar-refractivity contribution in [1.29, 1.82) is 0 Å². The van der Waals surface area contributed by atoms with Crippen LogP contribution in [0.15, 0.2) is 71.1 Å². The maximum absolute atomic E-state index is 12.9. The summed E-state index contributed by atoms with van der Waals surface area (Å²) in [6.45, 7) is 7.12. The van der Waals surface area contributed by atoms with Gasteiger partial charge in [-0.1, -0.05) is 75.4 Å². The molecule has 3 aromatic carbocycles. The molecule has 0 saturated carbocycles. The zero-order valence-corrected chi connectivity index (χ0v) is 22.2. The van der Waals surface area contributed by atoms with Crippen LogP contribution in [0.2, 0.25) is 0 Å². The fourth-order valence-corrected chi connectivity index (χ4v) is 4.11. The van der Waals surface area contributed by atoms with E-state index in [4.69, 9.17) is 9.47 Å². The predicted octanol–water partition coefficient (Wildman–Crippen LogP) is 6.09. The van der Waals surface area contributed by atoms with Crippen LogP contribution in [-0.2, 0) is 16.6 Å². The van der Waals surface area contributed by atoms with Crippen LogP contribution in [0.25, 0.3) is 11.1 Å². The van der Waals surface area contributed by atoms with E-state index in [0.717, 1.165) is 22.3 Å². The van der Waals surface area contributed by atoms with Gasteiger partial charge >= 0.3 is 0 Å². The van der Waals surface area contributed by atoms with Gasteiger partial charge in [0.25, 0.3) is 5.91 Å². The molecule has 0 heterocycles. The largest absolute Gasteiger partial charge is 0.493 e. The fraction of sp³-hybridized carbons (Fsp3) is 0.310. The summed E-state index contributed by atoms with van der Waals surface area (Å²) in [7, 11) is 3.22. The molecule has 0 fully saturated rings. The van der Waals surface area contributed by atoms with Crippen LogP contribution >= 0.6 is 11.9 Å². The van der Waals surface area contributed by atoms with Crippen molar-refractivity contribution in [3.8, 4) is 22.6 Å². The molecule has 0 bridgehead atoms. The van der Waals surface area contributed by atoms with Gasteiger partial charge in [-0.15, -0.1) is 0 Å². The number of benzene rings is 3. The van der Waals surface area contributed by atoms with Gasteiger partial charge in [0.15, 0.2) is 11.5 Å². The lowest BCUT2D eigenvalue weighted by atomic mass is 9.86. The number of nitrogens with zero attached hydrogens (tertiary/aromatic N) is 1. The third-order valence-corrected chi connectivity index (χ3v) is 6.15. The SMILES string of the molecule is COc1ccc(CCNC(=O)/C(=N\SC)c2ccc(-c3ccc(C(C)(C)C)cc3)cc2)cc1OC. The summed E-state index contributed by atoms with van der Waals surface area (Å²) < 4.78 is 15.0. The lowest BCUT2D eigenvalue weighted by Gasteiger charge is -2.19. The highest BCUT2D eigenvalue weighted by Crippen LogP contribution is 2.28. The number of rotatable bonds is 9. The molecule has 0 saturated heterocycles. The van der Waals surface area contributed by atoms with Crippen LogP contribution in [0.5, 0.6) is 11.5 Å². The first kappa shape index (κ1) is 26.4. The second-order valence-electron chi connectivity index (χ2n) is 9.22. The van der Waals surface area contributed by atoms with Crippen LogP contribution in [0.4, 0.5) is 0 Å². The van der Waals surface area contributed by atoms with Gasteiger partial charge in [0.2, 0.25) is 0 Å². The number of amides is 1. The van der Waals surface area contributed by atoms with Crippen molar-refractivity contribution in [1.82, 2.24) is 5.32 Å². The van der Waals surface area contributed by atoms with Gasteiger partial charge in [-0.3, -0.25) is 4.79 Å². The van der Waals surface area contributed by atoms with E-state index >= 15 is 0 Å². The number of hydrogen-bond acceptors (Lipinski definition) is 5. The first-order valence-electron chi connectivity index (χ1n) is 11.6. The molecule has 0 aliphatic rings. The van der Waals surface area contributed by atoms with E-state index in [1.807, 2.05) is 48.7 Å². The van der Waals surface area contributed by atoms with Gasteiger partial charge < -0.3 is 14.8 Å². The minimum absolute atomic E-state index is 0.123. The second-order valence-corrected chi connectivity index (χ2v) is 9.77. The van der Waals surface area contributed by atoms with Crippen LogP contribution in [0, 0.1) is 0 Å². The van der Waals surface area contributed by atoms with Crippen LogP contribution in [0.3, 0.4) is 0 Å². The molecule has 6 heteroatoms. The molecule has 0 atom stereocenters. The molecular formula is C29H34N2O3S. The smallest absolute Gasteiger partial charge is 0.271 e. The van der Waals surface area contributed by atoms with Crippen LogP contribution in [-0.4, -0.2) is 38.6 Å². The number of ether oxygens (including phenoxy) is 2. The van der Waals surface area contributed by atoms with Crippen LogP contribution < -0.4 is 14.8 Å². The van der Waals surface area contributed by atoms with E-state index in [0.29, 0.717) is 30.2 Å². The van der Waals surface area contributed by atoms with Crippen molar-refractivity contribution in [2.75, 3.05) is 27.0 Å². The molecule has 1 amide bonds. The third-order valence-electron chi connectivity index (χ3n) is 5.79. The summed E-state index contributed by atoms with van der Waals surface area (Å²) in [5.41, 5.74) is 5.93. The topological polar surface area (TPSA) is 59.9 Å². The molecule has 1 N–H and O–H groups in total. The molecule has 0 unspecified atom stereocenters. The van der Waals surface area contributed by atoms with Crippen molar-refractivity contribution in [3.05, 3.63) is 83.4 Å². The van der Waals surface area contributed by atoms with E-state index in [2.05, 4.69) is 54.8 Å². The number of methoxy groups -OCH3 is 2. The lowest BCUT2D eigenvalue weighted by Crippen LogP contribution is -2.33. The van der Waals surface area contributed by atoms with Gasteiger partial charge in [-0.2, -0.15) is 0 Å². The molecule has 0 aliphatic heterocycles. The number of carbonyl (C=O) groups is 1. The van der Waals surface area contributed by atoms with Crippen molar-refractivity contribution < 1.29 is 14.3 Å². The summed E-state index contributed by atoms with van der Waals surface area (Å²) >= 11 is 1.27. The first-order valence-corrected chi connectivity index (χ1v) is 12.8. The summed E-state index contributed by atoms with van der Waals surface area (Å²) in [5.74, 6) is 1.17. The lowest BCUT2D eigenvalue weighted by molar-refractivity contribution is -0.114. The zero-order chi connectivity index (χ0) is 25.4. The molecule has 0 aromatic heterocycles. The van der Waals surface area contributed by atoms with Gasteiger partial charge in [0, 0.05) is 18.4 Å². The van der Waals surface area contributed by atoms with Gasteiger partial charge in [-0.05, 0) is 58.2 Å². The molecule has 0 radical (unpaired) electrons. The normalized spacial score (nSPS) is 11.8. The van der Waals surface area contributed by atoms with E-state index in [9.17, 15) is 4.79 Å². The van der Waals surface area contributed by atoms with E-state index in [1.165, 1.54) is 17.5 Å². The third kappa shape index (κ3) is 6.89. The van der Waals surface area contributed by atoms with Crippen LogP contribution in [0.1, 0.15) is 37.5 Å². The summed E-state index contributed by atoms with van der Waals surface area (Å²) in [5, 5.41) is 2.99. The molecular weight excluding hydrogens is 456 g/mol. The average molecular weight is 491 g/mol. The zero-order valence-electron chi connectivity index (χ0n) is 21.3. The Morgan fingerprint density at radius 3 is 2.03 bits per heavy atom.